The lowest BCUT2D eigenvalue weighted by molar-refractivity contribution is -0.645. The van der Waals surface area contributed by atoms with Gasteiger partial charge in [0.2, 0.25) is 17.4 Å². The van der Waals surface area contributed by atoms with Gasteiger partial charge in [-0.15, -0.1) is 4.91 Å². The molecule has 1 N–H and O–H groups in total. The van der Waals surface area contributed by atoms with E-state index in [1.165, 1.54) is 12.1 Å². The molecule has 24 heavy (non-hydrogen) atoms. The van der Waals surface area contributed by atoms with Gasteiger partial charge in [0.25, 0.3) is 0 Å². The highest BCUT2D eigenvalue weighted by Gasteiger charge is 2.26. The number of nitrogens with zero attached hydrogens (tertiary/aromatic N) is 3. The SMILES string of the molecule is C[n+]1cn(-c2cccc(F)c2)c2c(O)c3ccccc3c(N=O)c21. The molecule has 5 nitrogen and oxygen atoms in total. The van der Waals surface area contributed by atoms with Gasteiger partial charge in [0, 0.05) is 16.8 Å². The van der Waals surface area contributed by atoms with E-state index in [1.807, 2.05) is 0 Å². The fourth-order valence-electron chi connectivity index (χ4n) is 3.14. The second-order valence-electron chi connectivity index (χ2n) is 5.61. The van der Waals surface area contributed by atoms with Gasteiger partial charge >= 0.3 is 0 Å². The number of rotatable bonds is 2. The Morgan fingerprint density at radius 1 is 1.12 bits per heavy atom. The molecule has 1 heterocycles. The lowest BCUT2D eigenvalue weighted by atomic mass is 10.1. The van der Waals surface area contributed by atoms with Crippen LogP contribution in [0.4, 0.5) is 10.1 Å². The fraction of sp³-hybridized carbons (Fsp3) is 0.0556. The van der Waals surface area contributed by atoms with Crippen molar-refractivity contribution in [3.8, 4) is 11.4 Å². The van der Waals surface area contributed by atoms with Gasteiger partial charge in [-0.1, -0.05) is 30.3 Å². The topological polar surface area (TPSA) is 58.5 Å². The zero-order valence-electron chi connectivity index (χ0n) is 12.8. The molecule has 0 unspecified atom stereocenters. The molecule has 0 bridgehead atoms. The molecule has 0 atom stereocenters. The molecule has 118 valence electrons. The van der Waals surface area contributed by atoms with Crippen LogP contribution in [0.5, 0.6) is 5.75 Å². The summed E-state index contributed by atoms with van der Waals surface area (Å²) in [5.41, 5.74) is 1.70. The molecule has 0 radical (unpaired) electrons. The Balaban J connectivity index is 2.23. The zero-order valence-corrected chi connectivity index (χ0v) is 12.8. The van der Waals surface area contributed by atoms with E-state index in [1.54, 1.807) is 58.9 Å². The van der Waals surface area contributed by atoms with Crippen LogP contribution in [0.1, 0.15) is 0 Å². The van der Waals surface area contributed by atoms with Gasteiger partial charge in [0.15, 0.2) is 11.4 Å². The lowest BCUT2D eigenvalue weighted by Gasteiger charge is -2.05. The van der Waals surface area contributed by atoms with Crippen LogP contribution in [-0.4, -0.2) is 9.67 Å². The maximum atomic E-state index is 13.6. The average Bonchev–Trinajstić information content (AvgIpc) is 2.94. The largest absolute Gasteiger partial charge is 0.503 e. The van der Waals surface area contributed by atoms with Crippen molar-refractivity contribution in [1.82, 2.24) is 4.57 Å². The molecule has 0 saturated carbocycles. The van der Waals surface area contributed by atoms with E-state index in [0.29, 0.717) is 27.5 Å². The van der Waals surface area contributed by atoms with Crippen LogP contribution in [0.15, 0.2) is 60.0 Å². The monoisotopic (exact) mass is 322 g/mol. The molecule has 0 aliphatic heterocycles. The Morgan fingerprint density at radius 2 is 1.88 bits per heavy atom. The predicted octanol–water partition coefficient (Wildman–Crippen LogP) is 3.85. The first-order valence-corrected chi connectivity index (χ1v) is 7.35. The molecule has 0 amide bonds. The van der Waals surface area contributed by atoms with Gasteiger partial charge in [-0.25, -0.2) is 8.96 Å². The van der Waals surface area contributed by atoms with E-state index in [-0.39, 0.29) is 17.3 Å². The molecule has 0 fully saturated rings. The maximum Gasteiger partial charge on any atom is 0.249 e. The highest BCUT2D eigenvalue weighted by atomic mass is 19.1. The third-order valence-electron chi connectivity index (χ3n) is 4.17. The first-order chi connectivity index (χ1) is 11.6. The number of nitroso groups, excluding NO2 is 1. The third-order valence-corrected chi connectivity index (χ3v) is 4.17. The van der Waals surface area contributed by atoms with Crippen molar-refractivity contribution < 1.29 is 14.1 Å². The van der Waals surface area contributed by atoms with Crippen LogP contribution < -0.4 is 4.57 Å². The summed E-state index contributed by atoms with van der Waals surface area (Å²) in [6.45, 7) is 0. The van der Waals surface area contributed by atoms with Gasteiger partial charge in [0.1, 0.15) is 11.5 Å². The second kappa shape index (κ2) is 5.13. The van der Waals surface area contributed by atoms with Crippen LogP contribution in [0.3, 0.4) is 0 Å². The molecule has 0 aliphatic rings. The predicted molar refractivity (Wildman–Crippen MR) is 89.0 cm³/mol. The van der Waals surface area contributed by atoms with Crippen LogP contribution in [-0.2, 0) is 7.05 Å². The summed E-state index contributed by atoms with van der Waals surface area (Å²) in [6.07, 6.45) is 1.69. The summed E-state index contributed by atoms with van der Waals surface area (Å²) in [5.74, 6) is -0.358. The van der Waals surface area contributed by atoms with Crippen molar-refractivity contribution in [3.05, 3.63) is 65.6 Å². The van der Waals surface area contributed by atoms with Crippen molar-refractivity contribution >= 4 is 27.5 Å². The quantitative estimate of drug-likeness (QED) is 0.450. The minimum atomic E-state index is -0.383. The maximum absolute atomic E-state index is 13.6. The Labute approximate surface area is 136 Å². The minimum absolute atomic E-state index is 0.0258. The summed E-state index contributed by atoms with van der Waals surface area (Å²) in [4.78, 5) is 11.5. The van der Waals surface area contributed by atoms with Gasteiger partial charge < -0.3 is 5.11 Å². The fourth-order valence-corrected chi connectivity index (χ4v) is 3.14. The number of aromatic nitrogens is 2. The summed E-state index contributed by atoms with van der Waals surface area (Å²) >= 11 is 0. The van der Waals surface area contributed by atoms with Crippen molar-refractivity contribution in [3.63, 3.8) is 0 Å². The van der Waals surface area contributed by atoms with Crippen molar-refractivity contribution in [1.29, 1.82) is 0 Å². The van der Waals surface area contributed by atoms with E-state index >= 15 is 0 Å². The van der Waals surface area contributed by atoms with E-state index in [2.05, 4.69) is 5.18 Å². The summed E-state index contributed by atoms with van der Waals surface area (Å²) in [6, 6.07) is 13.1. The van der Waals surface area contributed by atoms with Crippen LogP contribution in [0.25, 0.3) is 27.5 Å². The summed E-state index contributed by atoms with van der Waals surface area (Å²) in [5, 5.41) is 15.1. The Hall–Kier alpha value is -3.28. The third kappa shape index (κ3) is 1.89. The van der Waals surface area contributed by atoms with Gasteiger partial charge in [-0.2, -0.15) is 4.57 Å². The standard InChI is InChI=1S/C18H12FN3O2/c1-21-10-22(12-6-4-5-11(19)9-12)17-16(21)15(20-24)13-7-2-3-8-14(13)18(17)23/h2-10H,1H3/p+1. The molecule has 4 rings (SSSR count). The number of imidazole rings is 1. The van der Waals surface area contributed by atoms with Crippen LogP contribution in [0, 0.1) is 10.7 Å². The highest BCUT2D eigenvalue weighted by molar-refractivity contribution is 6.11. The second-order valence-corrected chi connectivity index (χ2v) is 5.61. The highest BCUT2D eigenvalue weighted by Crippen LogP contribution is 2.41. The number of fused-ring (bicyclic) bond motifs is 2. The molecule has 4 aromatic rings. The Bertz CT molecular complexity index is 1120. The van der Waals surface area contributed by atoms with E-state index in [9.17, 15) is 14.4 Å². The normalized spacial score (nSPS) is 11.2. The average molecular weight is 322 g/mol. The molecule has 6 heteroatoms. The Morgan fingerprint density at radius 3 is 2.58 bits per heavy atom. The molecule has 0 spiro atoms. The smallest absolute Gasteiger partial charge is 0.249 e. The van der Waals surface area contributed by atoms with Crippen LogP contribution >= 0.6 is 0 Å². The van der Waals surface area contributed by atoms with Gasteiger partial charge in [-0.3, -0.25) is 0 Å². The zero-order chi connectivity index (χ0) is 16.8. The minimum Gasteiger partial charge on any atom is -0.503 e. The van der Waals surface area contributed by atoms with Gasteiger partial charge in [-0.05, 0) is 17.3 Å². The van der Waals surface area contributed by atoms with Crippen molar-refractivity contribution in [2.75, 3.05) is 0 Å². The number of aryl methyl sites for hydroxylation is 1. The molecule has 1 aromatic heterocycles. The summed E-state index contributed by atoms with van der Waals surface area (Å²) in [7, 11) is 1.75. The molecule has 0 saturated heterocycles. The summed E-state index contributed by atoms with van der Waals surface area (Å²) < 4.78 is 17.0. The Kier molecular flexibility index (Phi) is 3.06. The van der Waals surface area contributed by atoms with Crippen LogP contribution in [0.2, 0.25) is 0 Å². The number of halogens is 1. The molecular weight excluding hydrogens is 309 g/mol. The van der Waals surface area contributed by atoms with Crippen molar-refractivity contribution in [2.24, 2.45) is 12.2 Å². The number of phenols is 1. The number of aromatic hydroxyl groups is 1. The number of benzene rings is 3. The van der Waals surface area contributed by atoms with E-state index in [0.717, 1.165) is 0 Å². The van der Waals surface area contributed by atoms with E-state index < -0.39 is 0 Å². The lowest BCUT2D eigenvalue weighted by Crippen LogP contribution is -2.25. The first-order valence-electron chi connectivity index (χ1n) is 7.35. The molecule has 0 aliphatic carbocycles. The van der Waals surface area contributed by atoms with Crippen molar-refractivity contribution in [2.45, 2.75) is 0 Å². The first kappa shape index (κ1) is 14.3. The number of phenolic OH excluding ortho intramolecular Hbond substituents is 1. The van der Waals surface area contributed by atoms with E-state index in [4.69, 9.17) is 0 Å². The molecule has 3 aromatic carbocycles. The molecular formula is C18H13FN3O2+. The number of hydrogen-bond acceptors (Lipinski definition) is 3. The number of hydrogen-bond donors (Lipinski definition) is 1. The van der Waals surface area contributed by atoms with Gasteiger partial charge in [0.05, 0.1) is 7.05 Å².